The van der Waals surface area contributed by atoms with E-state index in [0.717, 1.165) is 12.0 Å². The Morgan fingerprint density at radius 2 is 1.81 bits per heavy atom. The van der Waals surface area contributed by atoms with E-state index in [9.17, 15) is 0 Å². The summed E-state index contributed by atoms with van der Waals surface area (Å²) < 4.78 is 0. The van der Waals surface area contributed by atoms with Crippen LogP contribution in [0.5, 0.6) is 0 Å². The summed E-state index contributed by atoms with van der Waals surface area (Å²) in [5, 5.41) is 0. The molecule has 0 aromatic heterocycles. The van der Waals surface area contributed by atoms with Crippen molar-refractivity contribution in [2.75, 3.05) is 33.2 Å². The molecule has 0 aliphatic carbocycles. The summed E-state index contributed by atoms with van der Waals surface area (Å²) in [6.45, 7) is 7.77. The molecular weight excluding hydrogens is 196 g/mol. The Balaban J connectivity index is 1.79. The molecule has 94 valence electrons. The van der Waals surface area contributed by atoms with Crippen LogP contribution in [0.2, 0.25) is 0 Å². The van der Waals surface area contributed by atoms with E-state index in [4.69, 9.17) is 0 Å². The van der Waals surface area contributed by atoms with Crippen LogP contribution >= 0.6 is 0 Å². The van der Waals surface area contributed by atoms with Crippen LogP contribution in [0.3, 0.4) is 0 Å². The smallest absolute Gasteiger partial charge is 0.00670 e. The highest BCUT2D eigenvalue weighted by atomic mass is 15.2. The fourth-order valence-electron chi connectivity index (χ4n) is 3.25. The molecule has 2 aliphatic rings. The number of likely N-dealkylation sites (tertiary alicyclic amines) is 2. The highest BCUT2D eigenvalue weighted by Gasteiger charge is 2.22. The standard InChI is InChI=1S/C14H28N2/c1-13-6-3-4-10-16(13)12-14-7-5-9-15(2)11-8-14/h13-14H,3-12H2,1-2H3. The summed E-state index contributed by atoms with van der Waals surface area (Å²) in [5.41, 5.74) is 0. The molecule has 0 N–H and O–H groups in total. The number of hydrogen-bond donors (Lipinski definition) is 0. The number of piperidine rings is 1. The van der Waals surface area contributed by atoms with Gasteiger partial charge in [-0.25, -0.2) is 0 Å². The fourth-order valence-corrected chi connectivity index (χ4v) is 3.25. The third-order valence-electron chi connectivity index (χ3n) is 4.50. The molecule has 0 spiro atoms. The van der Waals surface area contributed by atoms with E-state index in [-0.39, 0.29) is 0 Å². The third-order valence-corrected chi connectivity index (χ3v) is 4.50. The van der Waals surface area contributed by atoms with E-state index in [1.165, 1.54) is 64.7 Å². The lowest BCUT2D eigenvalue weighted by atomic mass is 9.96. The summed E-state index contributed by atoms with van der Waals surface area (Å²) in [7, 11) is 2.27. The minimum Gasteiger partial charge on any atom is -0.306 e. The molecular formula is C14H28N2. The van der Waals surface area contributed by atoms with Crippen LogP contribution in [-0.4, -0.2) is 49.1 Å². The molecule has 2 saturated heterocycles. The molecule has 16 heavy (non-hydrogen) atoms. The Morgan fingerprint density at radius 1 is 0.938 bits per heavy atom. The molecule has 2 fully saturated rings. The Hall–Kier alpha value is -0.0800. The molecule has 0 saturated carbocycles. The van der Waals surface area contributed by atoms with Crippen molar-refractivity contribution in [1.29, 1.82) is 0 Å². The van der Waals surface area contributed by atoms with Gasteiger partial charge in [-0.2, -0.15) is 0 Å². The summed E-state index contributed by atoms with van der Waals surface area (Å²) >= 11 is 0. The van der Waals surface area contributed by atoms with Gasteiger partial charge in [-0.3, -0.25) is 0 Å². The van der Waals surface area contributed by atoms with Gasteiger partial charge in [-0.1, -0.05) is 6.42 Å². The lowest BCUT2D eigenvalue weighted by molar-refractivity contribution is 0.131. The second-order valence-corrected chi connectivity index (χ2v) is 5.94. The van der Waals surface area contributed by atoms with Crippen molar-refractivity contribution in [1.82, 2.24) is 9.80 Å². The van der Waals surface area contributed by atoms with Crippen molar-refractivity contribution in [3.05, 3.63) is 0 Å². The molecule has 2 nitrogen and oxygen atoms in total. The maximum Gasteiger partial charge on any atom is 0.00670 e. The fraction of sp³-hybridized carbons (Fsp3) is 1.00. The lowest BCUT2D eigenvalue weighted by Gasteiger charge is -2.35. The van der Waals surface area contributed by atoms with Crippen LogP contribution in [0.15, 0.2) is 0 Å². The predicted octanol–water partition coefficient (Wildman–Crippen LogP) is 2.59. The van der Waals surface area contributed by atoms with Gasteiger partial charge in [-0.05, 0) is 71.6 Å². The van der Waals surface area contributed by atoms with Gasteiger partial charge in [0.2, 0.25) is 0 Å². The van der Waals surface area contributed by atoms with Gasteiger partial charge < -0.3 is 9.80 Å². The molecule has 0 radical (unpaired) electrons. The molecule has 2 unspecified atom stereocenters. The first-order valence-corrected chi connectivity index (χ1v) is 7.18. The monoisotopic (exact) mass is 224 g/mol. The minimum atomic E-state index is 0.842. The van der Waals surface area contributed by atoms with E-state index in [1.807, 2.05) is 0 Å². The quantitative estimate of drug-likeness (QED) is 0.711. The average molecular weight is 224 g/mol. The highest BCUT2D eigenvalue weighted by molar-refractivity contribution is 4.77. The SMILES string of the molecule is CC1CCCCN1CC1CCCN(C)CC1. The second-order valence-electron chi connectivity index (χ2n) is 5.94. The van der Waals surface area contributed by atoms with E-state index in [2.05, 4.69) is 23.8 Å². The van der Waals surface area contributed by atoms with E-state index < -0.39 is 0 Å². The normalized spacial score (nSPS) is 34.9. The summed E-state index contributed by atoms with van der Waals surface area (Å²) in [6.07, 6.45) is 8.57. The molecule has 2 heterocycles. The van der Waals surface area contributed by atoms with E-state index in [0.29, 0.717) is 0 Å². The van der Waals surface area contributed by atoms with Crippen molar-refractivity contribution >= 4 is 0 Å². The topological polar surface area (TPSA) is 6.48 Å². The maximum absolute atomic E-state index is 2.75. The second kappa shape index (κ2) is 6.02. The van der Waals surface area contributed by atoms with Gasteiger partial charge in [0.25, 0.3) is 0 Å². The third kappa shape index (κ3) is 3.46. The van der Waals surface area contributed by atoms with E-state index in [1.54, 1.807) is 0 Å². The first-order valence-electron chi connectivity index (χ1n) is 7.18. The molecule has 2 heteroatoms. The Labute approximate surface area is 101 Å². The van der Waals surface area contributed by atoms with Crippen molar-refractivity contribution < 1.29 is 0 Å². The molecule has 0 amide bonds. The summed E-state index contributed by atoms with van der Waals surface area (Å²) in [5.74, 6) is 0.963. The average Bonchev–Trinajstić information content (AvgIpc) is 2.47. The Kier molecular flexibility index (Phi) is 4.66. The minimum absolute atomic E-state index is 0.842. The van der Waals surface area contributed by atoms with Gasteiger partial charge in [0, 0.05) is 12.6 Å². The lowest BCUT2D eigenvalue weighted by Crippen LogP contribution is -2.40. The van der Waals surface area contributed by atoms with Crippen LogP contribution in [0.4, 0.5) is 0 Å². The zero-order valence-electron chi connectivity index (χ0n) is 11.1. The van der Waals surface area contributed by atoms with Gasteiger partial charge in [0.15, 0.2) is 0 Å². The van der Waals surface area contributed by atoms with Crippen molar-refractivity contribution in [2.45, 2.75) is 51.5 Å². The highest BCUT2D eigenvalue weighted by Crippen LogP contribution is 2.22. The van der Waals surface area contributed by atoms with E-state index >= 15 is 0 Å². The summed E-state index contributed by atoms with van der Waals surface area (Å²) in [6, 6.07) is 0.842. The molecule has 2 aliphatic heterocycles. The largest absolute Gasteiger partial charge is 0.306 e. The van der Waals surface area contributed by atoms with Crippen molar-refractivity contribution in [2.24, 2.45) is 5.92 Å². The number of rotatable bonds is 2. The Bertz CT molecular complexity index is 205. The molecule has 0 bridgehead atoms. The zero-order valence-corrected chi connectivity index (χ0v) is 11.1. The molecule has 2 atom stereocenters. The summed E-state index contributed by atoms with van der Waals surface area (Å²) in [4.78, 5) is 5.25. The van der Waals surface area contributed by atoms with Crippen molar-refractivity contribution in [3.8, 4) is 0 Å². The number of nitrogens with zero attached hydrogens (tertiary/aromatic N) is 2. The van der Waals surface area contributed by atoms with Gasteiger partial charge in [-0.15, -0.1) is 0 Å². The van der Waals surface area contributed by atoms with Crippen LogP contribution in [0.1, 0.15) is 45.4 Å². The predicted molar refractivity (Wildman–Crippen MR) is 69.7 cm³/mol. The van der Waals surface area contributed by atoms with Crippen LogP contribution in [0.25, 0.3) is 0 Å². The maximum atomic E-state index is 2.75. The molecule has 0 aromatic rings. The van der Waals surface area contributed by atoms with Gasteiger partial charge in [0.1, 0.15) is 0 Å². The van der Waals surface area contributed by atoms with Crippen LogP contribution < -0.4 is 0 Å². The first-order chi connectivity index (χ1) is 7.75. The number of hydrogen-bond acceptors (Lipinski definition) is 2. The Morgan fingerprint density at radius 3 is 2.62 bits per heavy atom. The molecule has 0 aromatic carbocycles. The van der Waals surface area contributed by atoms with Gasteiger partial charge >= 0.3 is 0 Å². The zero-order chi connectivity index (χ0) is 11.4. The van der Waals surface area contributed by atoms with Gasteiger partial charge in [0.05, 0.1) is 0 Å². The van der Waals surface area contributed by atoms with Crippen LogP contribution in [0, 0.1) is 5.92 Å². The van der Waals surface area contributed by atoms with Crippen LogP contribution in [-0.2, 0) is 0 Å². The molecule has 2 rings (SSSR count). The first kappa shape index (κ1) is 12.4. The van der Waals surface area contributed by atoms with Crippen molar-refractivity contribution in [3.63, 3.8) is 0 Å².